The Kier molecular flexibility index (Phi) is 4.58. The zero-order chi connectivity index (χ0) is 11.4. The van der Waals surface area contributed by atoms with E-state index in [2.05, 4.69) is 11.8 Å². The molecule has 1 saturated carbocycles. The fourth-order valence-electron chi connectivity index (χ4n) is 2.57. The van der Waals surface area contributed by atoms with E-state index < -0.39 is 0 Å². The quantitative estimate of drug-likeness (QED) is 0.701. The smallest absolute Gasteiger partial charge is 0.0935 e. The highest BCUT2D eigenvalue weighted by atomic mass is 16.5. The van der Waals surface area contributed by atoms with Gasteiger partial charge in [0.25, 0.3) is 0 Å². The summed E-state index contributed by atoms with van der Waals surface area (Å²) in [6.45, 7) is 6.52. The van der Waals surface area contributed by atoms with Crippen molar-refractivity contribution in [2.75, 3.05) is 40.0 Å². The summed E-state index contributed by atoms with van der Waals surface area (Å²) in [5.74, 6) is 0. The summed E-state index contributed by atoms with van der Waals surface area (Å²) in [5, 5.41) is 0. The van der Waals surface area contributed by atoms with E-state index in [0.29, 0.717) is 18.8 Å². The number of hydrogen-bond acceptors (Lipinski definition) is 4. The number of nitrogens with zero attached hydrogens (tertiary/aromatic N) is 1. The summed E-state index contributed by atoms with van der Waals surface area (Å²) in [7, 11) is 1.73. The highest BCUT2D eigenvalue weighted by molar-refractivity contribution is 4.90. The van der Waals surface area contributed by atoms with Crippen molar-refractivity contribution in [3.63, 3.8) is 0 Å². The van der Waals surface area contributed by atoms with Crippen LogP contribution in [0.15, 0.2) is 0 Å². The first-order valence-electron chi connectivity index (χ1n) is 6.29. The first-order valence-corrected chi connectivity index (χ1v) is 6.29. The molecule has 16 heavy (non-hydrogen) atoms. The zero-order valence-corrected chi connectivity index (χ0v) is 10.4. The third-order valence-corrected chi connectivity index (χ3v) is 3.51. The Morgan fingerprint density at radius 3 is 2.88 bits per heavy atom. The van der Waals surface area contributed by atoms with Crippen molar-refractivity contribution in [3.8, 4) is 0 Å². The van der Waals surface area contributed by atoms with Crippen LogP contribution in [0.5, 0.6) is 0 Å². The molecular weight excluding hydrogens is 206 g/mol. The molecule has 1 aliphatic heterocycles. The molecule has 0 bridgehead atoms. The van der Waals surface area contributed by atoms with Crippen molar-refractivity contribution < 1.29 is 14.2 Å². The van der Waals surface area contributed by atoms with Gasteiger partial charge in [0, 0.05) is 32.8 Å². The topological polar surface area (TPSA) is 30.9 Å². The molecule has 0 amide bonds. The molecule has 1 aliphatic carbocycles. The second kappa shape index (κ2) is 5.96. The Bertz CT molecular complexity index is 204. The molecule has 94 valence electrons. The molecule has 0 radical (unpaired) electrons. The van der Waals surface area contributed by atoms with Crippen LogP contribution in [0.3, 0.4) is 0 Å². The normalized spacial score (nSPS) is 36.0. The van der Waals surface area contributed by atoms with E-state index >= 15 is 0 Å². The van der Waals surface area contributed by atoms with Gasteiger partial charge in [0.2, 0.25) is 0 Å². The molecule has 0 spiro atoms. The van der Waals surface area contributed by atoms with Crippen molar-refractivity contribution >= 4 is 0 Å². The van der Waals surface area contributed by atoms with Gasteiger partial charge in [-0.25, -0.2) is 0 Å². The Hall–Kier alpha value is -0.160. The number of methoxy groups -OCH3 is 1. The van der Waals surface area contributed by atoms with Gasteiger partial charge < -0.3 is 14.2 Å². The first kappa shape index (κ1) is 12.3. The minimum absolute atomic E-state index is 0.255. The van der Waals surface area contributed by atoms with Gasteiger partial charge in [0.15, 0.2) is 0 Å². The maximum absolute atomic E-state index is 5.64. The summed E-state index contributed by atoms with van der Waals surface area (Å²) in [4.78, 5) is 2.53. The fourth-order valence-corrected chi connectivity index (χ4v) is 2.57. The Labute approximate surface area is 97.8 Å². The zero-order valence-electron chi connectivity index (χ0n) is 10.4. The average Bonchev–Trinajstić information content (AvgIpc) is 2.24. The molecule has 2 aliphatic rings. The van der Waals surface area contributed by atoms with Crippen molar-refractivity contribution in [2.24, 2.45) is 0 Å². The van der Waals surface area contributed by atoms with E-state index in [1.807, 2.05) is 0 Å². The third-order valence-electron chi connectivity index (χ3n) is 3.51. The molecule has 2 rings (SSSR count). The van der Waals surface area contributed by atoms with Crippen LogP contribution in [0.25, 0.3) is 0 Å². The number of rotatable bonds is 5. The summed E-state index contributed by atoms with van der Waals surface area (Å²) in [6.07, 6.45) is 3.13. The minimum Gasteiger partial charge on any atom is -0.382 e. The Balaban J connectivity index is 1.70. The van der Waals surface area contributed by atoms with Crippen molar-refractivity contribution in [1.82, 2.24) is 4.90 Å². The molecule has 4 nitrogen and oxygen atoms in total. The van der Waals surface area contributed by atoms with Crippen LogP contribution in [0.4, 0.5) is 0 Å². The second-order valence-electron chi connectivity index (χ2n) is 4.65. The van der Waals surface area contributed by atoms with Crippen LogP contribution in [-0.4, -0.2) is 63.2 Å². The third kappa shape index (κ3) is 2.94. The fraction of sp³-hybridized carbons (Fsp3) is 1.00. The van der Waals surface area contributed by atoms with Crippen LogP contribution in [0.1, 0.15) is 19.8 Å². The number of morpholine rings is 1. The molecule has 0 unspecified atom stereocenters. The van der Waals surface area contributed by atoms with Gasteiger partial charge in [-0.15, -0.1) is 0 Å². The Morgan fingerprint density at radius 2 is 2.19 bits per heavy atom. The Morgan fingerprint density at radius 1 is 1.38 bits per heavy atom. The van der Waals surface area contributed by atoms with Gasteiger partial charge in [0.1, 0.15) is 0 Å². The molecule has 0 aromatic carbocycles. The van der Waals surface area contributed by atoms with Gasteiger partial charge in [-0.3, -0.25) is 4.90 Å². The van der Waals surface area contributed by atoms with Gasteiger partial charge in [-0.2, -0.15) is 0 Å². The lowest BCUT2D eigenvalue weighted by molar-refractivity contribution is -0.107. The van der Waals surface area contributed by atoms with Crippen LogP contribution < -0.4 is 0 Å². The maximum Gasteiger partial charge on any atom is 0.0935 e. The molecule has 1 atom stereocenters. The lowest BCUT2D eigenvalue weighted by Gasteiger charge is -2.45. The highest BCUT2D eigenvalue weighted by Gasteiger charge is 2.36. The molecular formula is C12H23NO3. The molecule has 2 fully saturated rings. The summed E-state index contributed by atoms with van der Waals surface area (Å²) >= 11 is 0. The minimum atomic E-state index is 0.255. The second-order valence-corrected chi connectivity index (χ2v) is 4.65. The van der Waals surface area contributed by atoms with E-state index in [1.54, 1.807) is 7.11 Å². The standard InChI is InChI=1S/C12H23NO3/c1-3-15-11-6-10(7-11)13-4-5-16-12(8-13)9-14-2/h10-12H,3-9H2,1-2H3/t10?,11?,12-/m1/s1. The lowest BCUT2D eigenvalue weighted by Crippen LogP contribution is -2.55. The van der Waals surface area contributed by atoms with E-state index in [1.165, 1.54) is 12.8 Å². The average molecular weight is 229 g/mol. The predicted molar refractivity (Wildman–Crippen MR) is 61.6 cm³/mol. The van der Waals surface area contributed by atoms with Gasteiger partial charge in [-0.1, -0.05) is 0 Å². The van der Waals surface area contributed by atoms with E-state index in [4.69, 9.17) is 14.2 Å². The highest BCUT2D eigenvalue weighted by Crippen LogP contribution is 2.29. The van der Waals surface area contributed by atoms with Crippen LogP contribution >= 0.6 is 0 Å². The lowest BCUT2D eigenvalue weighted by atomic mass is 9.87. The van der Waals surface area contributed by atoms with Gasteiger partial charge in [-0.05, 0) is 19.8 Å². The van der Waals surface area contributed by atoms with Crippen LogP contribution in [0, 0.1) is 0 Å². The van der Waals surface area contributed by atoms with Gasteiger partial charge >= 0.3 is 0 Å². The van der Waals surface area contributed by atoms with E-state index in [9.17, 15) is 0 Å². The molecule has 0 aromatic heterocycles. The van der Waals surface area contributed by atoms with Gasteiger partial charge in [0.05, 0.1) is 25.4 Å². The monoisotopic (exact) mass is 229 g/mol. The predicted octanol–water partition coefficient (Wildman–Crippen LogP) is 0.901. The maximum atomic E-state index is 5.64. The van der Waals surface area contributed by atoms with Crippen molar-refractivity contribution in [1.29, 1.82) is 0 Å². The summed E-state index contributed by atoms with van der Waals surface area (Å²) in [5.41, 5.74) is 0. The summed E-state index contributed by atoms with van der Waals surface area (Å²) < 4.78 is 16.4. The van der Waals surface area contributed by atoms with Crippen LogP contribution in [-0.2, 0) is 14.2 Å². The SMILES string of the molecule is CCOC1CC(N2CCO[C@@H](COC)C2)C1. The largest absolute Gasteiger partial charge is 0.382 e. The first-order chi connectivity index (χ1) is 7.83. The molecule has 1 saturated heterocycles. The van der Waals surface area contributed by atoms with Crippen molar-refractivity contribution in [3.05, 3.63) is 0 Å². The van der Waals surface area contributed by atoms with Crippen LogP contribution in [0.2, 0.25) is 0 Å². The molecule has 0 aromatic rings. The molecule has 4 heteroatoms. The van der Waals surface area contributed by atoms with Crippen molar-refractivity contribution in [2.45, 2.75) is 38.0 Å². The molecule has 0 N–H and O–H groups in total. The molecule has 1 heterocycles. The number of hydrogen-bond donors (Lipinski definition) is 0. The summed E-state index contributed by atoms with van der Waals surface area (Å²) in [6, 6.07) is 0.708. The van der Waals surface area contributed by atoms with E-state index in [0.717, 1.165) is 26.3 Å². The number of ether oxygens (including phenoxy) is 3. The van der Waals surface area contributed by atoms with E-state index in [-0.39, 0.29) is 6.10 Å².